The number of para-hydroxylation sites is 1. The molecule has 0 saturated heterocycles. The predicted octanol–water partition coefficient (Wildman–Crippen LogP) is 3.59. The van der Waals surface area contributed by atoms with Gasteiger partial charge in [0.05, 0.1) is 17.4 Å². The number of anilines is 1. The predicted molar refractivity (Wildman–Crippen MR) is 76.3 cm³/mol. The van der Waals surface area contributed by atoms with Crippen molar-refractivity contribution in [3.8, 4) is 11.5 Å². The van der Waals surface area contributed by atoms with Crippen LogP contribution in [0.5, 0.6) is 0 Å². The number of nitrogens with zero attached hydrogens (tertiary/aromatic N) is 1. The van der Waals surface area contributed by atoms with Crippen molar-refractivity contribution in [3.05, 3.63) is 72.6 Å². The molecule has 4 heteroatoms. The molecule has 0 unspecified atom stereocenters. The van der Waals surface area contributed by atoms with Crippen molar-refractivity contribution in [3.63, 3.8) is 0 Å². The Morgan fingerprint density at radius 2 is 1.75 bits per heavy atom. The molecule has 0 bridgehead atoms. The van der Waals surface area contributed by atoms with Crippen LogP contribution in [0.3, 0.4) is 0 Å². The second-order valence-electron chi connectivity index (χ2n) is 4.20. The van der Waals surface area contributed by atoms with E-state index in [0.29, 0.717) is 17.1 Å². The summed E-state index contributed by atoms with van der Waals surface area (Å²) < 4.78 is 5.29. The van der Waals surface area contributed by atoms with Crippen LogP contribution in [-0.2, 0) is 0 Å². The topological polar surface area (TPSA) is 55.1 Å². The van der Waals surface area contributed by atoms with Crippen molar-refractivity contribution in [2.75, 3.05) is 5.32 Å². The number of aromatic nitrogens is 1. The van der Waals surface area contributed by atoms with Crippen molar-refractivity contribution in [2.45, 2.75) is 0 Å². The zero-order valence-electron chi connectivity index (χ0n) is 10.6. The number of benzene rings is 2. The molecular formula is C16H12N2O2. The molecule has 20 heavy (non-hydrogen) atoms. The summed E-state index contributed by atoms with van der Waals surface area (Å²) in [7, 11) is 0. The molecule has 3 aromatic rings. The fraction of sp³-hybridized carbons (Fsp3) is 0. The Balaban J connectivity index is 1.90. The second-order valence-corrected chi connectivity index (χ2v) is 4.20. The third-order valence-corrected chi connectivity index (χ3v) is 2.87. The molecule has 0 atom stereocenters. The number of hydrogen-bond donors (Lipinski definition) is 1. The standard InChI is InChI=1S/C16H12N2O2/c19-15(12-6-2-1-3-7-12)18-14-9-5-4-8-13(14)16-17-10-11-20-16/h1-11H,(H,18,19). The largest absolute Gasteiger partial charge is 0.444 e. The Morgan fingerprint density at radius 3 is 2.50 bits per heavy atom. The van der Waals surface area contributed by atoms with Crippen LogP contribution in [-0.4, -0.2) is 10.9 Å². The first-order valence-electron chi connectivity index (χ1n) is 6.20. The number of oxazole rings is 1. The molecular weight excluding hydrogens is 252 g/mol. The van der Waals surface area contributed by atoms with Crippen LogP contribution in [0.4, 0.5) is 5.69 Å². The number of rotatable bonds is 3. The molecule has 1 heterocycles. The third-order valence-electron chi connectivity index (χ3n) is 2.87. The second kappa shape index (κ2) is 5.40. The van der Waals surface area contributed by atoms with Crippen LogP contribution < -0.4 is 5.32 Å². The lowest BCUT2D eigenvalue weighted by atomic mass is 10.1. The van der Waals surface area contributed by atoms with Crippen molar-refractivity contribution in [1.82, 2.24) is 4.98 Å². The molecule has 0 radical (unpaired) electrons. The lowest BCUT2D eigenvalue weighted by molar-refractivity contribution is 0.102. The summed E-state index contributed by atoms with van der Waals surface area (Å²) >= 11 is 0. The maximum atomic E-state index is 12.2. The molecule has 3 rings (SSSR count). The van der Waals surface area contributed by atoms with Gasteiger partial charge < -0.3 is 9.73 Å². The minimum absolute atomic E-state index is 0.162. The highest BCUT2D eigenvalue weighted by molar-refractivity contribution is 6.05. The fourth-order valence-electron chi connectivity index (χ4n) is 1.92. The van der Waals surface area contributed by atoms with Gasteiger partial charge in [0.15, 0.2) is 0 Å². The summed E-state index contributed by atoms with van der Waals surface area (Å²) in [5.74, 6) is 0.318. The van der Waals surface area contributed by atoms with Gasteiger partial charge in [0.25, 0.3) is 5.91 Å². The lowest BCUT2D eigenvalue weighted by Crippen LogP contribution is -2.12. The third kappa shape index (κ3) is 2.44. The maximum Gasteiger partial charge on any atom is 0.255 e. The van der Waals surface area contributed by atoms with Gasteiger partial charge in [0, 0.05) is 5.56 Å². The van der Waals surface area contributed by atoms with Crippen LogP contribution in [0.15, 0.2) is 71.5 Å². The van der Waals surface area contributed by atoms with Gasteiger partial charge in [0.1, 0.15) is 6.26 Å². The highest BCUT2D eigenvalue weighted by Crippen LogP contribution is 2.26. The van der Waals surface area contributed by atoms with Gasteiger partial charge >= 0.3 is 0 Å². The van der Waals surface area contributed by atoms with Gasteiger partial charge in [-0.3, -0.25) is 4.79 Å². The van der Waals surface area contributed by atoms with E-state index in [1.54, 1.807) is 18.3 Å². The first-order chi connectivity index (χ1) is 9.84. The van der Waals surface area contributed by atoms with Gasteiger partial charge in [-0.15, -0.1) is 0 Å². The average Bonchev–Trinajstić information content (AvgIpc) is 3.03. The van der Waals surface area contributed by atoms with Crippen molar-refractivity contribution >= 4 is 11.6 Å². The van der Waals surface area contributed by atoms with E-state index in [4.69, 9.17) is 4.42 Å². The van der Waals surface area contributed by atoms with E-state index in [1.165, 1.54) is 6.26 Å². The van der Waals surface area contributed by atoms with Crippen LogP contribution in [0, 0.1) is 0 Å². The first kappa shape index (κ1) is 12.2. The zero-order valence-corrected chi connectivity index (χ0v) is 10.6. The average molecular weight is 264 g/mol. The number of nitrogens with one attached hydrogen (secondary N) is 1. The van der Waals surface area contributed by atoms with Gasteiger partial charge in [-0.2, -0.15) is 0 Å². The molecule has 4 nitrogen and oxygen atoms in total. The summed E-state index contributed by atoms with van der Waals surface area (Å²) in [4.78, 5) is 16.3. The summed E-state index contributed by atoms with van der Waals surface area (Å²) in [6.45, 7) is 0. The minimum atomic E-state index is -0.162. The fourth-order valence-corrected chi connectivity index (χ4v) is 1.92. The van der Waals surface area contributed by atoms with Gasteiger partial charge in [-0.05, 0) is 24.3 Å². The SMILES string of the molecule is O=C(Nc1ccccc1-c1ncco1)c1ccccc1. The Bertz CT molecular complexity index is 706. The quantitative estimate of drug-likeness (QED) is 0.786. The van der Waals surface area contributed by atoms with E-state index in [2.05, 4.69) is 10.3 Å². The van der Waals surface area contributed by atoms with Crippen molar-refractivity contribution in [2.24, 2.45) is 0 Å². The van der Waals surface area contributed by atoms with Crippen molar-refractivity contribution in [1.29, 1.82) is 0 Å². The first-order valence-corrected chi connectivity index (χ1v) is 6.20. The van der Waals surface area contributed by atoms with Gasteiger partial charge in [0.2, 0.25) is 5.89 Å². The highest BCUT2D eigenvalue weighted by atomic mass is 16.3. The molecule has 1 amide bonds. The minimum Gasteiger partial charge on any atom is -0.444 e. The van der Waals surface area contributed by atoms with E-state index in [-0.39, 0.29) is 5.91 Å². The molecule has 2 aromatic carbocycles. The monoisotopic (exact) mass is 264 g/mol. The van der Waals surface area contributed by atoms with E-state index >= 15 is 0 Å². The van der Waals surface area contributed by atoms with Crippen LogP contribution >= 0.6 is 0 Å². The molecule has 1 N–H and O–H groups in total. The number of carbonyl (C=O) groups excluding carboxylic acids is 1. The summed E-state index contributed by atoms with van der Waals surface area (Å²) in [6.07, 6.45) is 3.08. The molecule has 1 aromatic heterocycles. The summed E-state index contributed by atoms with van der Waals surface area (Å²) in [5.41, 5.74) is 2.03. The number of amides is 1. The normalized spacial score (nSPS) is 10.2. The van der Waals surface area contributed by atoms with Gasteiger partial charge in [-0.1, -0.05) is 30.3 Å². The molecule has 0 spiro atoms. The van der Waals surface area contributed by atoms with Crippen LogP contribution in [0.2, 0.25) is 0 Å². The zero-order chi connectivity index (χ0) is 13.8. The van der Waals surface area contributed by atoms with Crippen LogP contribution in [0.1, 0.15) is 10.4 Å². The van der Waals surface area contributed by atoms with E-state index in [0.717, 1.165) is 5.56 Å². The summed E-state index contributed by atoms with van der Waals surface area (Å²) in [5, 5.41) is 2.88. The maximum absolute atomic E-state index is 12.2. The van der Waals surface area contributed by atoms with Crippen molar-refractivity contribution < 1.29 is 9.21 Å². The Hall–Kier alpha value is -2.88. The molecule has 0 aliphatic heterocycles. The lowest BCUT2D eigenvalue weighted by Gasteiger charge is -2.08. The summed E-state index contributed by atoms with van der Waals surface area (Å²) in [6, 6.07) is 16.5. The molecule has 98 valence electrons. The van der Waals surface area contributed by atoms with E-state index in [1.807, 2.05) is 42.5 Å². The highest BCUT2D eigenvalue weighted by Gasteiger charge is 2.11. The Morgan fingerprint density at radius 1 is 1.00 bits per heavy atom. The Kier molecular flexibility index (Phi) is 3.29. The molecule has 0 aliphatic carbocycles. The van der Waals surface area contributed by atoms with E-state index in [9.17, 15) is 4.79 Å². The van der Waals surface area contributed by atoms with Gasteiger partial charge in [-0.25, -0.2) is 4.98 Å². The molecule has 0 aliphatic rings. The van der Waals surface area contributed by atoms with E-state index < -0.39 is 0 Å². The molecule has 0 fully saturated rings. The smallest absolute Gasteiger partial charge is 0.255 e. The Labute approximate surface area is 116 Å². The molecule has 0 saturated carbocycles. The number of carbonyl (C=O) groups is 1. The van der Waals surface area contributed by atoms with Crippen LogP contribution in [0.25, 0.3) is 11.5 Å². The number of hydrogen-bond acceptors (Lipinski definition) is 3.